The number of halogens is 1. The summed E-state index contributed by atoms with van der Waals surface area (Å²) in [6.45, 7) is 4.35. The molecule has 0 fully saturated rings. The van der Waals surface area contributed by atoms with Crippen molar-refractivity contribution in [2.75, 3.05) is 24.8 Å². The Balaban J connectivity index is 2.28. The summed E-state index contributed by atoms with van der Waals surface area (Å²) in [5.74, 6) is 5.75. The van der Waals surface area contributed by atoms with Crippen LogP contribution in [0.25, 0.3) is 0 Å². The van der Waals surface area contributed by atoms with Gasteiger partial charge in [-0.15, -0.1) is 0 Å². The number of hydroxylamine groups is 2. The van der Waals surface area contributed by atoms with Gasteiger partial charge in [0.25, 0.3) is 5.91 Å². The molecule has 1 unspecified atom stereocenters. The van der Waals surface area contributed by atoms with Crippen LogP contribution in [0.2, 0.25) is 0 Å². The van der Waals surface area contributed by atoms with Crippen LogP contribution in [0.4, 0.5) is 14.9 Å². The number of hydrogen-bond donors (Lipinski definition) is 5. The van der Waals surface area contributed by atoms with Crippen LogP contribution in [0.1, 0.15) is 69.2 Å². The average Bonchev–Trinajstić information content (AvgIpc) is 2.81. The topological polar surface area (TPSA) is 137 Å². The number of nitrogens with zero attached hydrogens (tertiary/aromatic N) is 2. The molecule has 1 aromatic carbocycles. The maximum Gasteiger partial charge on any atom is 0.341 e. The molecule has 0 heterocycles. The van der Waals surface area contributed by atoms with Gasteiger partial charge in [0.15, 0.2) is 0 Å². The van der Waals surface area contributed by atoms with Crippen molar-refractivity contribution in [1.82, 2.24) is 15.7 Å². The third-order valence-corrected chi connectivity index (χ3v) is 5.08. The molecular weight excluding hydrogens is 427 g/mol. The lowest BCUT2D eigenvalue weighted by Crippen LogP contribution is -2.43. The van der Waals surface area contributed by atoms with Gasteiger partial charge in [-0.05, 0) is 69.7 Å². The number of urea groups is 1. The van der Waals surface area contributed by atoms with Crippen molar-refractivity contribution in [3.63, 3.8) is 0 Å². The SMILES string of the molecule is CCCC(C)N(O)C(=O)NCCCCCNC(=O)c1ccc(N(N)/C=C(\N)CCCF)cc1. The second-order valence-electron chi connectivity index (χ2n) is 7.98. The van der Waals surface area contributed by atoms with E-state index >= 15 is 0 Å². The second-order valence-corrected chi connectivity index (χ2v) is 7.98. The van der Waals surface area contributed by atoms with Crippen molar-refractivity contribution < 1.29 is 19.2 Å². The lowest BCUT2D eigenvalue weighted by atomic mass is 10.2. The van der Waals surface area contributed by atoms with Crippen molar-refractivity contribution in [1.29, 1.82) is 0 Å². The summed E-state index contributed by atoms with van der Waals surface area (Å²) in [4.78, 5) is 24.1. The fraction of sp³-hybridized carbons (Fsp3) is 0.565. The molecule has 0 saturated heterocycles. The van der Waals surface area contributed by atoms with E-state index in [4.69, 9.17) is 11.6 Å². The highest BCUT2D eigenvalue weighted by molar-refractivity contribution is 5.94. The average molecular weight is 467 g/mol. The van der Waals surface area contributed by atoms with Gasteiger partial charge >= 0.3 is 6.03 Å². The van der Waals surface area contributed by atoms with Gasteiger partial charge in [0.1, 0.15) is 0 Å². The molecule has 0 saturated carbocycles. The van der Waals surface area contributed by atoms with E-state index in [2.05, 4.69) is 10.6 Å². The lowest BCUT2D eigenvalue weighted by molar-refractivity contribution is -0.0749. The lowest BCUT2D eigenvalue weighted by Gasteiger charge is -2.22. The Labute approximate surface area is 195 Å². The number of unbranched alkanes of at least 4 members (excludes halogenated alkanes) is 2. The highest BCUT2D eigenvalue weighted by Gasteiger charge is 2.16. The third kappa shape index (κ3) is 11.0. The number of nitrogens with one attached hydrogen (secondary N) is 2. The van der Waals surface area contributed by atoms with Gasteiger partial charge in [0, 0.05) is 30.5 Å². The second kappa shape index (κ2) is 15.9. The molecule has 0 aliphatic heterocycles. The summed E-state index contributed by atoms with van der Waals surface area (Å²) >= 11 is 0. The molecule has 1 aromatic rings. The van der Waals surface area contributed by atoms with Gasteiger partial charge in [-0.3, -0.25) is 19.4 Å². The van der Waals surface area contributed by atoms with E-state index in [1.807, 2.05) is 6.92 Å². The van der Waals surface area contributed by atoms with Crippen LogP contribution in [0.15, 0.2) is 36.2 Å². The van der Waals surface area contributed by atoms with Crippen molar-refractivity contribution in [2.45, 2.75) is 64.8 Å². The molecule has 0 aromatic heterocycles. The Kier molecular flexibility index (Phi) is 13.6. The molecule has 3 amide bonds. The summed E-state index contributed by atoms with van der Waals surface area (Å²) in [6.07, 6.45) is 6.30. The summed E-state index contributed by atoms with van der Waals surface area (Å²) in [6, 6.07) is 6.07. The molecule has 0 bridgehead atoms. The predicted octanol–water partition coefficient (Wildman–Crippen LogP) is 3.41. The van der Waals surface area contributed by atoms with Crippen LogP contribution >= 0.6 is 0 Å². The summed E-state index contributed by atoms with van der Waals surface area (Å²) in [5.41, 5.74) is 7.45. The molecule has 1 atom stereocenters. The molecular formula is C23H39FN6O3. The number of carbonyl (C=O) groups excluding carboxylic acids is 2. The maximum absolute atomic E-state index is 12.3. The first-order valence-corrected chi connectivity index (χ1v) is 11.5. The van der Waals surface area contributed by atoms with Gasteiger partial charge in [-0.1, -0.05) is 13.3 Å². The number of allylic oxidation sites excluding steroid dienone is 1. The number of carbonyl (C=O) groups is 2. The molecule has 9 nitrogen and oxygen atoms in total. The molecule has 0 aliphatic carbocycles. The quantitative estimate of drug-likeness (QED) is 0.116. The van der Waals surface area contributed by atoms with Crippen LogP contribution in [-0.2, 0) is 0 Å². The van der Waals surface area contributed by atoms with Crippen LogP contribution in [0, 0.1) is 0 Å². The zero-order valence-electron chi connectivity index (χ0n) is 19.7. The molecule has 186 valence electrons. The van der Waals surface area contributed by atoms with E-state index in [1.165, 1.54) is 11.2 Å². The maximum atomic E-state index is 12.3. The highest BCUT2D eigenvalue weighted by Crippen LogP contribution is 2.14. The minimum absolute atomic E-state index is 0.183. The van der Waals surface area contributed by atoms with Gasteiger partial charge in [-0.25, -0.2) is 15.7 Å². The van der Waals surface area contributed by atoms with E-state index in [0.717, 1.165) is 37.2 Å². The minimum atomic E-state index is -0.485. The van der Waals surface area contributed by atoms with E-state index < -0.39 is 12.7 Å². The van der Waals surface area contributed by atoms with Gasteiger partial charge < -0.3 is 16.4 Å². The van der Waals surface area contributed by atoms with Crippen molar-refractivity contribution in [3.05, 3.63) is 41.7 Å². The standard InChI is InChI=1S/C23H39FN6O3/c1-3-8-18(2)30(33)23(32)28-16-6-4-5-15-27-22(31)19-10-12-21(13-11-19)29(26)17-20(25)9-7-14-24/h10-13,17-18,33H,3-9,14-16,25-26H2,1-2H3,(H,27,31)(H,28,32)/b20-17-. The van der Waals surface area contributed by atoms with Crippen molar-refractivity contribution >= 4 is 17.6 Å². The van der Waals surface area contributed by atoms with Crippen LogP contribution in [-0.4, -0.2) is 48.0 Å². The number of anilines is 1. The first-order valence-electron chi connectivity index (χ1n) is 11.5. The Morgan fingerprint density at radius 3 is 2.36 bits per heavy atom. The number of hydrogen-bond acceptors (Lipinski definition) is 6. The smallest absolute Gasteiger partial charge is 0.341 e. The minimum Gasteiger partial charge on any atom is -0.401 e. The van der Waals surface area contributed by atoms with Crippen molar-refractivity contribution in [3.8, 4) is 0 Å². The fourth-order valence-electron chi connectivity index (χ4n) is 3.12. The molecule has 10 heteroatoms. The first kappa shape index (κ1) is 28.2. The number of alkyl halides is 1. The summed E-state index contributed by atoms with van der Waals surface area (Å²) in [7, 11) is 0. The fourth-order valence-corrected chi connectivity index (χ4v) is 3.12. The highest BCUT2D eigenvalue weighted by atomic mass is 19.1. The molecule has 7 N–H and O–H groups in total. The van der Waals surface area contributed by atoms with Crippen LogP contribution in [0.3, 0.4) is 0 Å². The predicted molar refractivity (Wildman–Crippen MR) is 128 cm³/mol. The Morgan fingerprint density at radius 1 is 1.12 bits per heavy atom. The first-order chi connectivity index (χ1) is 15.8. The van der Waals surface area contributed by atoms with Crippen LogP contribution in [0.5, 0.6) is 0 Å². The summed E-state index contributed by atoms with van der Waals surface area (Å²) < 4.78 is 12.2. The Morgan fingerprint density at radius 2 is 1.76 bits per heavy atom. The number of amides is 3. The monoisotopic (exact) mass is 466 g/mol. The third-order valence-electron chi connectivity index (χ3n) is 5.08. The normalized spacial score (nSPS) is 12.2. The van der Waals surface area contributed by atoms with Gasteiger partial charge in [-0.2, -0.15) is 0 Å². The molecule has 1 rings (SSSR count). The van der Waals surface area contributed by atoms with Crippen LogP contribution < -0.4 is 27.2 Å². The van der Waals surface area contributed by atoms with E-state index in [1.54, 1.807) is 31.2 Å². The largest absolute Gasteiger partial charge is 0.401 e. The molecule has 0 aliphatic rings. The van der Waals surface area contributed by atoms with E-state index in [-0.39, 0.29) is 11.9 Å². The van der Waals surface area contributed by atoms with Gasteiger partial charge in [0.05, 0.1) is 18.4 Å². The molecule has 0 radical (unpaired) electrons. The van der Waals surface area contributed by atoms with Gasteiger partial charge in [0.2, 0.25) is 0 Å². The summed E-state index contributed by atoms with van der Waals surface area (Å²) in [5, 5.41) is 17.4. The zero-order valence-corrected chi connectivity index (χ0v) is 19.7. The number of hydrazine groups is 1. The Hall–Kier alpha value is -2.85. The number of benzene rings is 1. The number of rotatable bonds is 15. The zero-order chi connectivity index (χ0) is 24.6. The Bertz CT molecular complexity index is 744. The van der Waals surface area contributed by atoms with E-state index in [0.29, 0.717) is 42.9 Å². The number of nitrogens with two attached hydrogens (primary N) is 2. The van der Waals surface area contributed by atoms with E-state index in [9.17, 15) is 19.2 Å². The van der Waals surface area contributed by atoms with Crippen molar-refractivity contribution in [2.24, 2.45) is 11.6 Å². The molecule has 33 heavy (non-hydrogen) atoms. The molecule has 0 spiro atoms.